The van der Waals surface area contributed by atoms with E-state index in [2.05, 4.69) is 25.9 Å². The number of amides is 3. The van der Waals surface area contributed by atoms with Crippen molar-refractivity contribution in [2.75, 3.05) is 13.1 Å². The van der Waals surface area contributed by atoms with Crippen LogP contribution in [0.2, 0.25) is 0 Å². The summed E-state index contributed by atoms with van der Waals surface area (Å²) >= 11 is 0. The molecule has 0 saturated carbocycles. The van der Waals surface area contributed by atoms with Crippen LogP contribution in [0.5, 0.6) is 0 Å². The molecule has 3 amide bonds. The fourth-order valence-corrected chi connectivity index (χ4v) is 4.91. The average Bonchev–Trinajstić information content (AvgIpc) is 3.07. The van der Waals surface area contributed by atoms with Gasteiger partial charge in [0.25, 0.3) is 11.1 Å². The fourth-order valence-electron chi connectivity index (χ4n) is 4.91. The van der Waals surface area contributed by atoms with Crippen LogP contribution in [-0.4, -0.2) is 68.0 Å². The number of aromatic nitrogens is 4. The number of hydrogen-bond donors (Lipinski definition) is 6. The van der Waals surface area contributed by atoms with Gasteiger partial charge >= 0.3 is 17.3 Å². The first-order valence-corrected chi connectivity index (χ1v) is 16.3. The number of nitrogens with one attached hydrogen (secondary N) is 5. The van der Waals surface area contributed by atoms with Crippen molar-refractivity contribution in [3.05, 3.63) is 101 Å². The SMILES string of the molecule is Cc1cn(CC(=O)N[C@H](CCCCN)C(=O)NCCCC[C@@H](NC(=O)Cn2cc(C)c(=O)[nH]c2=O)C(=O)OCc2ccccc2)c(=O)[nH]c1=O. The monoisotopic (exact) mass is 696 g/mol. The molecule has 0 aliphatic rings. The molecule has 17 heteroatoms. The summed E-state index contributed by atoms with van der Waals surface area (Å²) < 4.78 is 7.51. The van der Waals surface area contributed by atoms with E-state index in [-0.39, 0.29) is 30.7 Å². The van der Waals surface area contributed by atoms with Crippen LogP contribution in [0.1, 0.15) is 55.2 Å². The molecule has 0 aliphatic carbocycles. The minimum Gasteiger partial charge on any atom is -0.459 e. The third-order valence-electron chi connectivity index (χ3n) is 7.67. The second-order valence-electron chi connectivity index (χ2n) is 11.8. The van der Waals surface area contributed by atoms with Gasteiger partial charge in [-0.05, 0) is 64.5 Å². The van der Waals surface area contributed by atoms with Crippen LogP contribution in [0.25, 0.3) is 0 Å². The van der Waals surface area contributed by atoms with Gasteiger partial charge in [-0.2, -0.15) is 0 Å². The summed E-state index contributed by atoms with van der Waals surface area (Å²) in [5.41, 5.74) is 4.18. The minimum atomic E-state index is -1.07. The van der Waals surface area contributed by atoms with E-state index < -0.39 is 71.4 Å². The third-order valence-corrected chi connectivity index (χ3v) is 7.67. The van der Waals surface area contributed by atoms with Gasteiger partial charge in [-0.3, -0.25) is 43.1 Å². The predicted octanol–water partition coefficient (Wildman–Crippen LogP) is -1.17. The van der Waals surface area contributed by atoms with Crippen LogP contribution < -0.4 is 44.2 Å². The minimum absolute atomic E-state index is 0.0195. The molecule has 1 aromatic carbocycles. The van der Waals surface area contributed by atoms with Gasteiger partial charge in [0, 0.05) is 30.1 Å². The molecule has 0 saturated heterocycles. The molecule has 3 rings (SSSR count). The first kappa shape index (κ1) is 38.9. The fraction of sp³-hybridized carbons (Fsp3) is 0.455. The van der Waals surface area contributed by atoms with Crippen molar-refractivity contribution >= 4 is 23.7 Å². The van der Waals surface area contributed by atoms with Crippen molar-refractivity contribution in [1.29, 1.82) is 0 Å². The maximum atomic E-state index is 13.1. The summed E-state index contributed by atoms with van der Waals surface area (Å²) in [5.74, 6) is -2.38. The topological polar surface area (TPSA) is 249 Å². The number of ether oxygens (including phenoxy) is 1. The number of unbranched alkanes of at least 4 members (excludes halogenated alkanes) is 2. The molecule has 2 heterocycles. The Balaban J connectivity index is 1.58. The number of aromatic amines is 2. The number of nitrogens with zero attached hydrogens (tertiary/aromatic N) is 2. The Kier molecular flexibility index (Phi) is 15.1. The lowest BCUT2D eigenvalue weighted by atomic mass is 10.1. The number of carbonyl (C=O) groups is 4. The Labute approximate surface area is 286 Å². The van der Waals surface area contributed by atoms with Crippen molar-refractivity contribution in [2.45, 2.75) is 84.2 Å². The second-order valence-corrected chi connectivity index (χ2v) is 11.8. The zero-order chi connectivity index (χ0) is 36.6. The molecule has 50 heavy (non-hydrogen) atoms. The highest BCUT2D eigenvalue weighted by molar-refractivity contribution is 5.87. The predicted molar refractivity (Wildman–Crippen MR) is 182 cm³/mol. The Morgan fingerprint density at radius 1 is 0.760 bits per heavy atom. The van der Waals surface area contributed by atoms with Crippen molar-refractivity contribution in [3.63, 3.8) is 0 Å². The third kappa shape index (κ3) is 12.5. The molecule has 3 aromatic rings. The zero-order valence-electron chi connectivity index (χ0n) is 28.1. The molecular formula is C33H44N8O9. The second kappa shape index (κ2) is 19.4. The first-order chi connectivity index (χ1) is 23.9. The van der Waals surface area contributed by atoms with E-state index in [4.69, 9.17) is 10.5 Å². The van der Waals surface area contributed by atoms with Crippen molar-refractivity contribution in [3.8, 4) is 0 Å². The number of carbonyl (C=O) groups excluding carboxylic acids is 4. The van der Waals surface area contributed by atoms with Crippen LogP contribution in [0.3, 0.4) is 0 Å². The summed E-state index contributed by atoms with van der Waals surface area (Å²) in [5, 5.41) is 8.02. The van der Waals surface area contributed by atoms with Crippen LogP contribution in [-0.2, 0) is 43.6 Å². The molecule has 270 valence electrons. The van der Waals surface area contributed by atoms with Crippen LogP contribution in [0, 0.1) is 13.8 Å². The summed E-state index contributed by atoms with van der Waals surface area (Å²) in [7, 11) is 0. The number of nitrogens with two attached hydrogens (primary N) is 1. The number of esters is 1. The maximum absolute atomic E-state index is 13.1. The highest BCUT2D eigenvalue weighted by atomic mass is 16.5. The largest absolute Gasteiger partial charge is 0.459 e. The molecule has 17 nitrogen and oxygen atoms in total. The molecular weight excluding hydrogens is 652 g/mol. The van der Waals surface area contributed by atoms with Crippen LogP contribution >= 0.6 is 0 Å². The van der Waals surface area contributed by atoms with E-state index >= 15 is 0 Å². The van der Waals surface area contributed by atoms with Gasteiger partial charge < -0.3 is 26.4 Å². The molecule has 2 aromatic heterocycles. The molecule has 2 atom stereocenters. The molecule has 0 spiro atoms. The highest BCUT2D eigenvalue weighted by Crippen LogP contribution is 2.08. The van der Waals surface area contributed by atoms with Gasteiger partial charge in [-0.1, -0.05) is 30.3 Å². The van der Waals surface area contributed by atoms with Crippen LogP contribution in [0.4, 0.5) is 0 Å². The van der Waals surface area contributed by atoms with Gasteiger partial charge in [0.15, 0.2) is 0 Å². The highest BCUT2D eigenvalue weighted by Gasteiger charge is 2.24. The molecule has 0 aliphatic heterocycles. The summed E-state index contributed by atoms with van der Waals surface area (Å²) in [6, 6.07) is 7.00. The van der Waals surface area contributed by atoms with Gasteiger partial charge in [0.1, 0.15) is 31.8 Å². The number of rotatable bonds is 19. The lowest BCUT2D eigenvalue weighted by molar-refractivity contribution is -0.149. The molecule has 0 unspecified atom stereocenters. The summed E-state index contributed by atoms with van der Waals surface area (Å²) in [6.07, 6.45) is 4.93. The van der Waals surface area contributed by atoms with Gasteiger partial charge in [-0.15, -0.1) is 0 Å². The number of hydrogen-bond acceptors (Lipinski definition) is 10. The molecule has 0 bridgehead atoms. The van der Waals surface area contributed by atoms with Crippen LogP contribution in [0.15, 0.2) is 61.9 Å². The lowest BCUT2D eigenvalue weighted by Crippen LogP contribution is -2.48. The van der Waals surface area contributed by atoms with Gasteiger partial charge in [0.05, 0.1) is 0 Å². The quantitative estimate of drug-likeness (QED) is 0.0647. The number of aryl methyl sites for hydroxylation is 2. The number of benzene rings is 1. The Morgan fingerprint density at radius 3 is 1.84 bits per heavy atom. The molecule has 0 fully saturated rings. The summed E-state index contributed by atoms with van der Waals surface area (Å²) in [6.45, 7) is 2.71. The smallest absolute Gasteiger partial charge is 0.328 e. The van der Waals surface area contributed by atoms with E-state index in [0.29, 0.717) is 38.6 Å². The Hall–Kier alpha value is -5.58. The van der Waals surface area contributed by atoms with Crippen molar-refractivity contribution < 1.29 is 23.9 Å². The lowest BCUT2D eigenvalue weighted by Gasteiger charge is -2.20. The van der Waals surface area contributed by atoms with E-state index in [0.717, 1.165) is 14.7 Å². The summed E-state index contributed by atoms with van der Waals surface area (Å²) in [4.78, 5) is 104. The average molecular weight is 697 g/mol. The Morgan fingerprint density at radius 2 is 1.28 bits per heavy atom. The van der Waals surface area contributed by atoms with Crippen molar-refractivity contribution in [1.82, 2.24) is 35.1 Å². The number of H-pyrrole nitrogens is 2. The standard InChI is InChI=1S/C33H44N8O9/c1-21-16-40(32(48)38-28(21)44)18-26(42)36-24(12-6-8-14-34)30(46)35-15-9-7-13-25(31(47)50-20-23-10-4-3-5-11-23)37-27(43)19-41-17-22(2)29(45)39-33(41)49/h3-5,10-11,16-17,24-25H,6-9,12-15,18-20,34H2,1-2H3,(H,35,46)(H,36,42)(H,37,43)(H,38,44,48)(H,39,45,49)/t24-,25-/m1/s1. The maximum Gasteiger partial charge on any atom is 0.328 e. The van der Waals surface area contributed by atoms with E-state index in [9.17, 15) is 38.4 Å². The van der Waals surface area contributed by atoms with E-state index in [1.54, 1.807) is 24.3 Å². The Bertz CT molecular complexity index is 1860. The first-order valence-electron chi connectivity index (χ1n) is 16.3. The van der Waals surface area contributed by atoms with E-state index in [1.165, 1.54) is 26.2 Å². The normalized spacial score (nSPS) is 12.1. The molecule has 7 N–H and O–H groups in total. The van der Waals surface area contributed by atoms with Gasteiger partial charge in [0.2, 0.25) is 17.7 Å². The van der Waals surface area contributed by atoms with E-state index in [1.807, 2.05) is 6.07 Å². The van der Waals surface area contributed by atoms with Crippen molar-refractivity contribution in [2.24, 2.45) is 5.73 Å². The van der Waals surface area contributed by atoms with Gasteiger partial charge in [-0.25, -0.2) is 14.4 Å². The zero-order valence-corrected chi connectivity index (χ0v) is 28.1. The molecule has 0 radical (unpaired) electrons.